The van der Waals surface area contributed by atoms with E-state index >= 15 is 0 Å². The van der Waals surface area contributed by atoms with E-state index in [9.17, 15) is 0 Å². The second-order valence-corrected chi connectivity index (χ2v) is 19.2. The van der Waals surface area contributed by atoms with Crippen molar-refractivity contribution >= 4 is 34.1 Å². The second-order valence-electron chi connectivity index (χ2n) is 19.2. The highest BCUT2D eigenvalue weighted by Gasteiger charge is 2.31. The van der Waals surface area contributed by atoms with Crippen LogP contribution in [0.25, 0.3) is 44.5 Å². The molecule has 0 saturated heterocycles. The first-order valence-corrected chi connectivity index (χ1v) is 27.5. The Bertz CT molecular complexity index is 1890. The minimum absolute atomic E-state index is 0.799. The van der Waals surface area contributed by atoms with E-state index < -0.39 is 0 Å². The second kappa shape index (κ2) is 29.0. The van der Waals surface area contributed by atoms with Gasteiger partial charge in [-0.05, 0) is 75.6 Å². The fraction of sp³-hybridized carbons (Fsp3) is 0.516. The van der Waals surface area contributed by atoms with Gasteiger partial charge >= 0.3 is 0 Å². The van der Waals surface area contributed by atoms with Crippen molar-refractivity contribution in [2.24, 2.45) is 0 Å². The number of anilines is 6. The lowest BCUT2D eigenvalue weighted by atomic mass is 9.80. The fourth-order valence-corrected chi connectivity index (χ4v) is 9.95. The van der Waals surface area contributed by atoms with Gasteiger partial charge in [0.15, 0.2) is 0 Å². The van der Waals surface area contributed by atoms with Gasteiger partial charge in [-0.1, -0.05) is 180 Å². The molecule has 6 heteroatoms. The standard InChI is InChI=1S/C62H92N6/c1-9-17-41-65(42-18-10-2)53-37-29-25-33-49(53)57-58(50-34-26-30-38-54(50)66(43-19-11-3)44-20-12-4)62(64)60(52-36-28-32-40-56(52)68(47-23-15-7)48-24-16-8)59(61(57)63)51-35-27-31-39-55(51)67(45-21-13-5)46-22-14-6/h25-40H,9-24,41-48,63-64H2,1-8H3. The van der Waals surface area contributed by atoms with Gasteiger partial charge in [-0.3, -0.25) is 0 Å². The molecule has 6 nitrogen and oxygen atoms in total. The zero-order valence-electron chi connectivity index (χ0n) is 44.2. The van der Waals surface area contributed by atoms with Crippen LogP contribution in [0.3, 0.4) is 0 Å². The van der Waals surface area contributed by atoms with Gasteiger partial charge < -0.3 is 31.1 Å². The SMILES string of the molecule is CCCCN(CCCC)c1ccccc1-c1c(N)c(-c2ccccc2N(CCCC)CCCC)c(-c2ccccc2N(CCCC)CCCC)c(N)c1-c1ccccc1N(CCCC)CCCC. The van der Waals surface area contributed by atoms with Crippen LogP contribution < -0.4 is 31.1 Å². The van der Waals surface area contributed by atoms with Crippen molar-refractivity contribution in [1.82, 2.24) is 0 Å². The number of benzene rings is 5. The molecule has 0 fully saturated rings. The maximum absolute atomic E-state index is 8.28. The predicted molar refractivity (Wildman–Crippen MR) is 305 cm³/mol. The maximum atomic E-state index is 8.28. The average Bonchev–Trinajstić information content (AvgIpc) is 3.37. The van der Waals surface area contributed by atoms with E-state index in [0.717, 1.165) is 211 Å². The normalized spacial score (nSPS) is 11.3. The van der Waals surface area contributed by atoms with E-state index in [1.165, 1.54) is 22.7 Å². The van der Waals surface area contributed by atoms with Crippen LogP contribution in [0, 0.1) is 0 Å². The van der Waals surface area contributed by atoms with Crippen LogP contribution in [0.1, 0.15) is 158 Å². The van der Waals surface area contributed by atoms with Crippen molar-refractivity contribution < 1.29 is 0 Å². The Hall–Kier alpha value is -5.10. The van der Waals surface area contributed by atoms with Crippen molar-refractivity contribution in [2.75, 3.05) is 83.4 Å². The molecule has 0 unspecified atom stereocenters. The average molecular weight is 921 g/mol. The lowest BCUT2D eigenvalue weighted by molar-refractivity contribution is 0.678. The molecule has 0 aliphatic carbocycles. The third kappa shape index (κ3) is 13.6. The van der Waals surface area contributed by atoms with Gasteiger partial charge in [-0.25, -0.2) is 0 Å². The predicted octanol–water partition coefficient (Wildman–Crippen LogP) is 17.1. The molecule has 0 bridgehead atoms. The topological polar surface area (TPSA) is 65.0 Å². The third-order valence-corrected chi connectivity index (χ3v) is 13.9. The van der Waals surface area contributed by atoms with Crippen LogP contribution in [0.2, 0.25) is 0 Å². The Morgan fingerprint density at radius 1 is 0.265 bits per heavy atom. The highest BCUT2D eigenvalue weighted by atomic mass is 15.1. The summed E-state index contributed by atoms with van der Waals surface area (Å²) in [5.74, 6) is 0. The molecule has 4 N–H and O–H groups in total. The number of hydrogen-bond donors (Lipinski definition) is 2. The molecule has 370 valence electrons. The molecule has 0 spiro atoms. The summed E-state index contributed by atoms with van der Waals surface area (Å²) >= 11 is 0. The Labute approximate surface area is 415 Å². The highest BCUT2D eigenvalue weighted by Crippen LogP contribution is 2.57. The molecule has 0 saturated carbocycles. The summed E-state index contributed by atoms with van der Waals surface area (Å²) in [6, 6.07) is 36.4. The first-order valence-electron chi connectivity index (χ1n) is 27.5. The van der Waals surface area contributed by atoms with Crippen molar-refractivity contribution in [3.63, 3.8) is 0 Å². The van der Waals surface area contributed by atoms with Gasteiger partial charge in [0.2, 0.25) is 0 Å². The summed E-state index contributed by atoms with van der Waals surface area (Å²) in [6.07, 6.45) is 18.1. The van der Waals surface area contributed by atoms with Gasteiger partial charge in [-0.15, -0.1) is 0 Å². The molecule has 68 heavy (non-hydrogen) atoms. The molecule has 5 rings (SSSR count). The van der Waals surface area contributed by atoms with Crippen molar-refractivity contribution in [3.8, 4) is 44.5 Å². The van der Waals surface area contributed by atoms with E-state index in [2.05, 4.69) is 172 Å². The van der Waals surface area contributed by atoms with E-state index in [1.807, 2.05) is 0 Å². The monoisotopic (exact) mass is 921 g/mol. The molecule has 5 aromatic carbocycles. The van der Waals surface area contributed by atoms with Crippen LogP contribution in [-0.4, -0.2) is 52.4 Å². The summed E-state index contributed by atoms with van der Waals surface area (Å²) in [7, 11) is 0. The summed E-state index contributed by atoms with van der Waals surface area (Å²) in [5, 5.41) is 0. The number of nitrogens with two attached hydrogens (primary N) is 2. The largest absolute Gasteiger partial charge is 0.398 e. The lowest BCUT2D eigenvalue weighted by Gasteiger charge is -2.34. The number of unbranched alkanes of at least 4 members (excludes halogenated alkanes) is 8. The summed E-state index contributed by atoms with van der Waals surface area (Å²) < 4.78 is 0. The van der Waals surface area contributed by atoms with E-state index in [1.54, 1.807) is 0 Å². The Kier molecular flexibility index (Phi) is 23.0. The van der Waals surface area contributed by atoms with Gasteiger partial charge in [0.05, 0.1) is 0 Å². The highest BCUT2D eigenvalue weighted by molar-refractivity contribution is 6.16. The smallest absolute Gasteiger partial charge is 0.0489 e. The summed E-state index contributed by atoms with van der Waals surface area (Å²) in [5.41, 5.74) is 31.9. The van der Waals surface area contributed by atoms with Crippen LogP contribution in [0.4, 0.5) is 34.1 Å². The zero-order valence-corrected chi connectivity index (χ0v) is 44.2. The number of nitrogen functional groups attached to an aromatic ring is 2. The van der Waals surface area contributed by atoms with Crippen molar-refractivity contribution in [2.45, 2.75) is 158 Å². The lowest BCUT2D eigenvalue weighted by Crippen LogP contribution is -2.27. The quantitative estimate of drug-likeness (QED) is 0.0419. The molecular formula is C62H92N6. The third-order valence-electron chi connectivity index (χ3n) is 13.9. The number of para-hydroxylation sites is 4. The van der Waals surface area contributed by atoms with Gasteiger partial charge in [0, 0.05) is 131 Å². The van der Waals surface area contributed by atoms with Gasteiger partial charge in [0.25, 0.3) is 0 Å². The molecule has 0 amide bonds. The fourth-order valence-electron chi connectivity index (χ4n) is 9.95. The molecule has 0 radical (unpaired) electrons. The van der Waals surface area contributed by atoms with E-state index in [4.69, 9.17) is 11.5 Å². The van der Waals surface area contributed by atoms with Crippen LogP contribution in [-0.2, 0) is 0 Å². The van der Waals surface area contributed by atoms with Gasteiger partial charge in [0.1, 0.15) is 0 Å². The molecule has 0 atom stereocenters. The van der Waals surface area contributed by atoms with Crippen LogP contribution >= 0.6 is 0 Å². The Morgan fingerprint density at radius 3 is 0.588 bits per heavy atom. The van der Waals surface area contributed by atoms with Crippen LogP contribution in [0.15, 0.2) is 97.1 Å². The van der Waals surface area contributed by atoms with Crippen LogP contribution in [0.5, 0.6) is 0 Å². The maximum Gasteiger partial charge on any atom is 0.0489 e. The van der Waals surface area contributed by atoms with Crippen molar-refractivity contribution in [1.29, 1.82) is 0 Å². The van der Waals surface area contributed by atoms with Gasteiger partial charge in [-0.2, -0.15) is 0 Å². The van der Waals surface area contributed by atoms with E-state index in [0.29, 0.717) is 0 Å². The molecule has 5 aromatic rings. The minimum atomic E-state index is 0.799. The first kappa shape index (κ1) is 53.8. The zero-order chi connectivity index (χ0) is 48.7. The Morgan fingerprint density at radius 2 is 0.426 bits per heavy atom. The van der Waals surface area contributed by atoms with Crippen molar-refractivity contribution in [3.05, 3.63) is 97.1 Å². The first-order chi connectivity index (χ1) is 33.3. The summed E-state index contributed by atoms with van der Waals surface area (Å²) in [6.45, 7) is 26.4. The summed E-state index contributed by atoms with van der Waals surface area (Å²) in [4.78, 5) is 10.5. The van der Waals surface area contributed by atoms with E-state index in [-0.39, 0.29) is 0 Å². The number of rotatable bonds is 32. The number of hydrogen-bond acceptors (Lipinski definition) is 6. The molecule has 0 aliphatic rings. The molecular weight excluding hydrogens is 829 g/mol. The molecule has 0 aliphatic heterocycles. The molecule has 0 aromatic heterocycles. The Balaban J connectivity index is 2.08. The minimum Gasteiger partial charge on any atom is -0.398 e. The number of nitrogens with zero attached hydrogens (tertiary/aromatic N) is 4. The molecule has 0 heterocycles.